The first kappa shape index (κ1) is 16.2. The quantitative estimate of drug-likeness (QED) is 0.622. The molecule has 5 heteroatoms. The van der Waals surface area contributed by atoms with E-state index >= 15 is 0 Å². The Morgan fingerprint density at radius 2 is 1.91 bits per heavy atom. The molecule has 0 radical (unpaired) electrons. The van der Waals surface area contributed by atoms with Crippen molar-refractivity contribution in [1.29, 1.82) is 0 Å². The van der Waals surface area contributed by atoms with Crippen molar-refractivity contribution in [3.63, 3.8) is 0 Å². The van der Waals surface area contributed by atoms with Gasteiger partial charge in [0.25, 0.3) is 11.8 Å². The lowest BCUT2D eigenvalue weighted by Gasteiger charge is -2.14. The average molecular weight is 304 g/mol. The van der Waals surface area contributed by atoms with E-state index in [1.54, 1.807) is 12.1 Å². The van der Waals surface area contributed by atoms with Gasteiger partial charge >= 0.3 is 0 Å². The highest BCUT2D eigenvalue weighted by Gasteiger charge is 2.34. The fourth-order valence-corrected chi connectivity index (χ4v) is 2.54. The van der Waals surface area contributed by atoms with Gasteiger partial charge in [-0.1, -0.05) is 31.4 Å². The third kappa shape index (κ3) is 3.53. The van der Waals surface area contributed by atoms with Crippen molar-refractivity contribution in [2.24, 2.45) is 0 Å². The zero-order valence-electron chi connectivity index (χ0n) is 13.1. The van der Waals surface area contributed by atoms with Crippen molar-refractivity contribution in [1.82, 2.24) is 10.2 Å². The second kappa shape index (κ2) is 7.20. The maximum Gasteiger partial charge on any atom is 0.261 e. The van der Waals surface area contributed by atoms with E-state index in [1.165, 1.54) is 4.90 Å². The first-order valence-corrected chi connectivity index (χ1v) is 7.78. The lowest BCUT2D eigenvalue weighted by molar-refractivity contribution is -0.121. The highest BCUT2D eigenvalue weighted by atomic mass is 16.2. The summed E-state index contributed by atoms with van der Waals surface area (Å²) in [5, 5.41) is 2.76. The Labute approximate surface area is 132 Å². The minimum atomic E-state index is -0.278. The Morgan fingerprint density at radius 3 is 2.64 bits per heavy atom. The van der Waals surface area contributed by atoms with Crippen molar-refractivity contribution in [3.8, 4) is 0 Å². The smallest absolute Gasteiger partial charge is 0.261 e. The monoisotopic (exact) mass is 304 g/mol. The number of carbonyl (C=O) groups excluding carboxylic acids is 3. The van der Waals surface area contributed by atoms with Gasteiger partial charge in [-0.25, -0.2) is 0 Å². The third-order valence-electron chi connectivity index (χ3n) is 3.79. The van der Waals surface area contributed by atoms with Crippen LogP contribution in [-0.2, 0) is 4.79 Å². The molecule has 0 unspecified atom stereocenters. The van der Waals surface area contributed by atoms with Gasteiger partial charge in [-0.15, -0.1) is 0 Å². The van der Waals surface area contributed by atoms with E-state index < -0.39 is 0 Å². The molecule has 0 saturated carbocycles. The molecule has 0 aromatic heterocycles. The van der Waals surface area contributed by atoms with Gasteiger partial charge in [0.2, 0.25) is 5.91 Å². The molecule has 1 heterocycles. The third-order valence-corrected chi connectivity index (χ3v) is 3.79. The zero-order valence-corrected chi connectivity index (χ0v) is 13.1. The van der Waals surface area contributed by atoms with Crippen LogP contribution in [0.2, 0.25) is 0 Å². The van der Waals surface area contributed by atoms with E-state index in [-0.39, 0.29) is 25.7 Å². The summed E-state index contributed by atoms with van der Waals surface area (Å²) in [7, 11) is 0. The van der Waals surface area contributed by atoms with Gasteiger partial charge in [0, 0.05) is 20.9 Å². The molecular formula is C17H24N2O3. The van der Waals surface area contributed by atoms with Crippen LogP contribution in [0.4, 0.5) is 0 Å². The number of hydrogen-bond acceptors (Lipinski definition) is 3. The first-order valence-electron chi connectivity index (χ1n) is 7.78. The van der Waals surface area contributed by atoms with E-state index in [2.05, 4.69) is 12.2 Å². The van der Waals surface area contributed by atoms with E-state index in [4.69, 9.17) is 0 Å². The minimum absolute atomic E-state index is 0. The van der Waals surface area contributed by atoms with Gasteiger partial charge in [-0.2, -0.15) is 0 Å². The Bertz CT molecular complexity index is 602. The first-order chi connectivity index (χ1) is 10.5. The molecule has 1 N–H and O–H groups in total. The summed E-state index contributed by atoms with van der Waals surface area (Å²) in [6, 6.07) is 5.25. The number of aryl methyl sites for hydroxylation is 1. The summed E-state index contributed by atoms with van der Waals surface area (Å²) in [5.74, 6) is -0.579. The maximum atomic E-state index is 12.2. The van der Waals surface area contributed by atoms with Gasteiger partial charge in [0.05, 0.1) is 11.1 Å². The van der Waals surface area contributed by atoms with Crippen LogP contribution in [0.5, 0.6) is 0 Å². The Kier molecular flexibility index (Phi) is 5.31. The summed E-state index contributed by atoms with van der Waals surface area (Å²) >= 11 is 0. The van der Waals surface area contributed by atoms with E-state index in [0.717, 1.165) is 24.8 Å². The summed E-state index contributed by atoms with van der Waals surface area (Å²) in [5.41, 5.74) is 1.86. The number of nitrogens with zero attached hydrogens (tertiary/aromatic N) is 1. The summed E-state index contributed by atoms with van der Waals surface area (Å²) in [6.07, 6.45) is 3.47. The topological polar surface area (TPSA) is 66.5 Å². The Hall–Kier alpha value is -2.17. The standard InChI is InChI=1S/C17H22N2O3.H2/c1-3-4-5-6-15(20)18-9-10-19-16(21)13-8-7-12(2)11-14(13)17(19)22;/h7-8,11H,3-6,9-10H2,1-2H3,(H,18,20);1H. The van der Waals surface area contributed by atoms with E-state index in [1.807, 2.05) is 13.0 Å². The second-order valence-electron chi connectivity index (χ2n) is 5.62. The normalized spacial score (nSPS) is 13.5. The van der Waals surface area contributed by atoms with Gasteiger partial charge in [0.15, 0.2) is 0 Å². The molecule has 22 heavy (non-hydrogen) atoms. The molecule has 120 valence electrons. The lowest BCUT2D eigenvalue weighted by Crippen LogP contribution is -2.38. The molecule has 5 nitrogen and oxygen atoms in total. The van der Waals surface area contributed by atoms with Crippen LogP contribution >= 0.6 is 0 Å². The van der Waals surface area contributed by atoms with Crippen molar-refractivity contribution in [2.45, 2.75) is 39.5 Å². The predicted molar refractivity (Wildman–Crippen MR) is 85.8 cm³/mol. The molecule has 0 bridgehead atoms. The predicted octanol–water partition coefficient (Wildman–Crippen LogP) is 2.53. The molecule has 1 aliphatic rings. The lowest BCUT2D eigenvalue weighted by atomic mass is 10.1. The van der Waals surface area contributed by atoms with Crippen LogP contribution in [0.3, 0.4) is 0 Å². The van der Waals surface area contributed by atoms with Gasteiger partial charge in [0.1, 0.15) is 0 Å². The number of amides is 3. The SMILES string of the molecule is CCCCCC(=O)NCCN1C(=O)c2ccc(C)cc2C1=O.[HH]. The molecule has 0 spiro atoms. The Balaban J connectivity index is 0.00000264. The molecule has 3 amide bonds. The number of imide groups is 1. The summed E-state index contributed by atoms with van der Waals surface area (Å²) in [4.78, 5) is 37.3. The molecule has 0 atom stereocenters. The largest absolute Gasteiger partial charge is 0.354 e. The van der Waals surface area contributed by atoms with Crippen LogP contribution in [-0.4, -0.2) is 35.7 Å². The number of rotatable bonds is 7. The summed E-state index contributed by atoms with van der Waals surface area (Å²) in [6.45, 7) is 4.49. The average Bonchev–Trinajstić information content (AvgIpc) is 2.72. The molecule has 1 aliphatic heterocycles. The number of unbranched alkanes of at least 4 members (excludes halogenated alkanes) is 2. The zero-order chi connectivity index (χ0) is 16.1. The maximum absolute atomic E-state index is 12.2. The van der Waals surface area contributed by atoms with Crippen LogP contribution in [0, 0.1) is 6.92 Å². The molecule has 2 rings (SSSR count). The van der Waals surface area contributed by atoms with Crippen molar-refractivity contribution >= 4 is 17.7 Å². The van der Waals surface area contributed by atoms with Crippen LogP contribution in [0.25, 0.3) is 0 Å². The highest BCUT2D eigenvalue weighted by Crippen LogP contribution is 2.23. The fraction of sp³-hybridized carbons (Fsp3) is 0.471. The molecule has 1 aromatic rings. The molecular weight excluding hydrogens is 280 g/mol. The number of carbonyl (C=O) groups is 3. The van der Waals surface area contributed by atoms with E-state index in [9.17, 15) is 14.4 Å². The van der Waals surface area contributed by atoms with Gasteiger partial charge < -0.3 is 5.32 Å². The van der Waals surface area contributed by atoms with Crippen LogP contribution in [0.15, 0.2) is 18.2 Å². The Morgan fingerprint density at radius 1 is 1.18 bits per heavy atom. The van der Waals surface area contributed by atoms with Crippen molar-refractivity contribution in [2.75, 3.05) is 13.1 Å². The van der Waals surface area contributed by atoms with Crippen molar-refractivity contribution in [3.05, 3.63) is 34.9 Å². The van der Waals surface area contributed by atoms with Crippen LogP contribution in [0.1, 0.15) is 60.3 Å². The number of benzene rings is 1. The second-order valence-corrected chi connectivity index (χ2v) is 5.62. The number of nitrogens with one attached hydrogen (secondary N) is 1. The summed E-state index contributed by atoms with van der Waals surface area (Å²) < 4.78 is 0. The van der Waals surface area contributed by atoms with Crippen molar-refractivity contribution < 1.29 is 15.8 Å². The minimum Gasteiger partial charge on any atom is -0.354 e. The molecule has 0 saturated heterocycles. The number of fused-ring (bicyclic) bond motifs is 1. The molecule has 0 aliphatic carbocycles. The molecule has 1 aromatic carbocycles. The van der Waals surface area contributed by atoms with Gasteiger partial charge in [-0.05, 0) is 25.5 Å². The fourth-order valence-electron chi connectivity index (χ4n) is 2.54. The van der Waals surface area contributed by atoms with E-state index in [0.29, 0.717) is 24.1 Å². The van der Waals surface area contributed by atoms with Crippen LogP contribution < -0.4 is 5.32 Å². The number of hydrogen-bond donors (Lipinski definition) is 1. The molecule has 0 fully saturated rings. The van der Waals surface area contributed by atoms with Gasteiger partial charge in [-0.3, -0.25) is 19.3 Å². The highest BCUT2D eigenvalue weighted by molar-refractivity contribution is 6.21.